The van der Waals surface area contributed by atoms with Crippen molar-refractivity contribution in [3.63, 3.8) is 0 Å². The van der Waals surface area contributed by atoms with Crippen LogP contribution in [0.3, 0.4) is 0 Å². The lowest BCUT2D eigenvalue weighted by atomic mass is 10.0. The minimum Gasteiger partial charge on any atom is -0.467 e. The minimum atomic E-state index is -1.01. The molecule has 1 amide bonds. The molecule has 7 nitrogen and oxygen atoms in total. The summed E-state index contributed by atoms with van der Waals surface area (Å²) in [5.74, 6) is 0.143. The molecular formula is C22H19N3O4. The fourth-order valence-electron chi connectivity index (χ4n) is 3.30. The van der Waals surface area contributed by atoms with E-state index in [4.69, 9.17) is 4.42 Å². The first-order chi connectivity index (χ1) is 14.1. The molecule has 0 aliphatic heterocycles. The number of furan rings is 1. The molecule has 4 rings (SSSR count). The number of aromatic nitrogens is 2. The average Bonchev–Trinajstić information content (AvgIpc) is 3.26. The Morgan fingerprint density at radius 1 is 1.00 bits per heavy atom. The van der Waals surface area contributed by atoms with Crippen LogP contribution in [0.25, 0.3) is 10.9 Å². The van der Waals surface area contributed by atoms with Gasteiger partial charge in [0.05, 0.1) is 23.7 Å². The summed E-state index contributed by atoms with van der Waals surface area (Å²) in [5.41, 5.74) is 0.152. The van der Waals surface area contributed by atoms with E-state index in [1.807, 2.05) is 30.3 Å². The third-order valence-corrected chi connectivity index (χ3v) is 4.74. The van der Waals surface area contributed by atoms with Crippen LogP contribution in [-0.4, -0.2) is 15.5 Å². The molecule has 2 N–H and O–H groups in total. The van der Waals surface area contributed by atoms with Gasteiger partial charge in [-0.05, 0) is 29.8 Å². The van der Waals surface area contributed by atoms with Crippen LogP contribution in [-0.2, 0) is 17.8 Å². The predicted octanol–water partition coefficient (Wildman–Crippen LogP) is 2.38. The van der Waals surface area contributed by atoms with E-state index in [9.17, 15) is 14.4 Å². The van der Waals surface area contributed by atoms with Crippen molar-refractivity contribution in [3.05, 3.63) is 105 Å². The fourth-order valence-corrected chi connectivity index (χ4v) is 3.30. The number of aromatic amines is 1. The lowest BCUT2D eigenvalue weighted by Gasteiger charge is -2.19. The summed E-state index contributed by atoms with van der Waals surface area (Å²) in [5, 5.41) is 3.11. The van der Waals surface area contributed by atoms with E-state index >= 15 is 0 Å². The second-order valence-electron chi connectivity index (χ2n) is 6.65. The molecule has 0 spiro atoms. The van der Waals surface area contributed by atoms with Crippen LogP contribution in [0.2, 0.25) is 0 Å². The maximum Gasteiger partial charge on any atom is 0.329 e. The van der Waals surface area contributed by atoms with Gasteiger partial charge in [0, 0.05) is 6.42 Å². The molecule has 0 aliphatic carbocycles. The van der Waals surface area contributed by atoms with Crippen LogP contribution >= 0.6 is 0 Å². The van der Waals surface area contributed by atoms with Crippen molar-refractivity contribution in [2.45, 2.75) is 19.0 Å². The highest BCUT2D eigenvalue weighted by Gasteiger charge is 2.25. The Morgan fingerprint density at radius 2 is 1.76 bits per heavy atom. The number of rotatable bonds is 6. The first kappa shape index (κ1) is 18.5. The Hall–Kier alpha value is -3.87. The molecule has 0 saturated carbocycles. The number of amides is 1. The number of para-hydroxylation sites is 1. The number of H-pyrrole nitrogens is 1. The van der Waals surface area contributed by atoms with Crippen LogP contribution in [0.4, 0.5) is 0 Å². The van der Waals surface area contributed by atoms with Gasteiger partial charge in [-0.2, -0.15) is 0 Å². The van der Waals surface area contributed by atoms with Crippen molar-refractivity contribution in [2.24, 2.45) is 0 Å². The van der Waals surface area contributed by atoms with Gasteiger partial charge in [-0.3, -0.25) is 9.59 Å². The van der Waals surface area contributed by atoms with Crippen molar-refractivity contribution in [1.29, 1.82) is 0 Å². The molecule has 7 heteroatoms. The number of hydrogen-bond acceptors (Lipinski definition) is 4. The molecule has 2 heterocycles. The molecule has 29 heavy (non-hydrogen) atoms. The molecule has 0 aliphatic rings. The highest BCUT2D eigenvalue weighted by molar-refractivity contribution is 5.82. The second-order valence-corrected chi connectivity index (χ2v) is 6.65. The summed E-state index contributed by atoms with van der Waals surface area (Å²) < 4.78 is 6.23. The lowest BCUT2D eigenvalue weighted by Crippen LogP contribution is -2.45. The Kier molecular flexibility index (Phi) is 5.11. The molecule has 0 radical (unpaired) electrons. The number of hydrogen-bond donors (Lipinski definition) is 2. The number of nitrogens with zero attached hydrogens (tertiary/aromatic N) is 1. The number of carbonyl (C=O) groups is 1. The summed E-state index contributed by atoms with van der Waals surface area (Å²) in [6.07, 6.45) is 1.72. The molecule has 0 saturated heterocycles. The predicted molar refractivity (Wildman–Crippen MR) is 109 cm³/mol. The number of benzene rings is 2. The van der Waals surface area contributed by atoms with E-state index < -0.39 is 23.2 Å². The Bertz CT molecular complexity index is 1240. The monoisotopic (exact) mass is 389 g/mol. The van der Waals surface area contributed by atoms with Gasteiger partial charge in [0.2, 0.25) is 5.91 Å². The van der Waals surface area contributed by atoms with E-state index in [2.05, 4.69) is 10.3 Å². The topological polar surface area (TPSA) is 97.1 Å². The molecule has 0 fully saturated rings. The fraction of sp³-hybridized carbons (Fsp3) is 0.136. The van der Waals surface area contributed by atoms with E-state index in [1.165, 1.54) is 6.26 Å². The van der Waals surface area contributed by atoms with E-state index in [0.29, 0.717) is 16.7 Å². The maximum atomic E-state index is 13.1. The first-order valence-corrected chi connectivity index (χ1v) is 9.21. The summed E-state index contributed by atoms with van der Waals surface area (Å²) in [4.78, 5) is 41.5. The van der Waals surface area contributed by atoms with Crippen LogP contribution in [0, 0.1) is 0 Å². The number of carbonyl (C=O) groups excluding carboxylic acids is 1. The minimum absolute atomic E-state index is 0.164. The van der Waals surface area contributed by atoms with E-state index in [-0.39, 0.29) is 13.0 Å². The van der Waals surface area contributed by atoms with Crippen molar-refractivity contribution in [3.8, 4) is 0 Å². The first-order valence-electron chi connectivity index (χ1n) is 9.21. The third-order valence-electron chi connectivity index (χ3n) is 4.74. The van der Waals surface area contributed by atoms with Gasteiger partial charge in [0.1, 0.15) is 11.8 Å². The molecule has 4 aromatic rings. The van der Waals surface area contributed by atoms with Gasteiger partial charge < -0.3 is 14.7 Å². The Morgan fingerprint density at radius 3 is 2.52 bits per heavy atom. The molecule has 0 unspecified atom stereocenters. The standard InChI is InChI=1S/C22H19N3O4/c26-20(23-14-16-9-6-12-29-16)19(13-15-7-2-1-3-8-15)25-21(27)17-10-4-5-11-18(17)24-22(25)28/h1-12,19H,13-14H2,(H,23,26)(H,24,28)/t19-/m1/s1. The third kappa shape index (κ3) is 3.89. The van der Waals surface area contributed by atoms with Gasteiger partial charge in [-0.25, -0.2) is 9.36 Å². The Balaban J connectivity index is 1.75. The van der Waals surface area contributed by atoms with Crippen molar-refractivity contribution < 1.29 is 9.21 Å². The largest absolute Gasteiger partial charge is 0.467 e. The number of nitrogens with one attached hydrogen (secondary N) is 2. The zero-order chi connectivity index (χ0) is 20.2. The van der Waals surface area contributed by atoms with Crippen LogP contribution < -0.4 is 16.6 Å². The maximum absolute atomic E-state index is 13.1. The normalized spacial score (nSPS) is 12.0. The highest BCUT2D eigenvalue weighted by atomic mass is 16.3. The zero-order valence-electron chi connectivity index (χ0n) is 15.5. The molecule has 2 aromatic carbocycles. The summed E-state index contributed by atoms with van der Waals surface area (Å²) in [7, 11) is 0. The molecule has 146 valence electrons. The Labute approximate surface area is 165 Å². The molecular weight excluding hydrogens is 370 g/mol. The van der Waals surface area contributed by atoms with Crippen LogP contribution in [0.15, 0.2) is 87.0 Å². The van der Waals surface area contributed by atoms with Gasteiger partial charge in [-0.15, -0.1) is 0 Å². The van der Waals surface area contributed by atoms with Gasteiger partial charge in [0.15, 0.2) is 0 Å². The summed E-state index contributed by atoms with van der Waals surface area (Å²) in [6.45, 7) is 0.164. The van der Waals surface area contributed by atoms with Gasteiger partial charge in [0.25, 0.3) is 5.56 Å². The van der Waals surface area contributed by atoms with Crippen molar-refractivity contribution in [1.82, 2.24) is 14.9 Å². The SMILES string of the molecule is O=C(NCc1ccco1)[C@@H](Cc1ccccc1)n1c(=O)[nH]c2ccccc2c1=O. The van der Waals surface area contributed by atoms with Crippen molar-refractivity contribution >= 4 is 16.8 Å². The van der Waals surface area contributed by atoms with Crippen LogP contribution in [0.1, 0.15) is 17.4 Å². The molecule has 2 aromatic heterocycles. The smallest absolute Gasteiger partial charge is 0.329 e. The quantitative estimate of drug-likeness (QED) is 0.529. The lowest BCUT2D eigenvalue weighted by molar-refractivity contribution is -0.124. The molecule has 1 atom stereocenters. The van der Waals surface area contributed by atoms with Gasteiger partial charge >= 0.3 is 5.69 Å². The molecule has 0 bridgehead atoms. The van der Waals surface area contributed by atoms with Crippen LogP contribution in [0.5, 0.6) is 0 Å². The van der Waals surface area contributed by atoms with Gasteiger partial charge in [-0.1, -0.05) is 42.5 Å². The number of fused-ring (bicyclic) bond motifs is 1. The van der Waals surface area contributed by atoms with E-state index in [0.717, 1.165) is 10.1 Å². The van der Waals surface area contributed by atoms with Crippen molar-refractivity contribution in [2.75, 3.05) is 0 Å². The second kappa shape index (κ2) is 8.02. The van der Waals surface area contributed by atoms with E-state index in [1.54, 1.807) is 36.4 Å². The summed E-state index contributed by atoms with van der Waals surface area (Å²) in [6, 6.07) is 18.5. The zero-order valence-corrected chi connectivity index (χ0v) is 15.5. The average molecular weight is 389 g/mol. The summed E-state index contributed by atoms with van der Waals surface area (Å²) >= 11 is 0. The highest BCUT2D eigenvalue weighted by Crippen LogP contribution is 2.14.